The monoisotopic (exact) mass is 282 g/mol. The van der Waals surface area contributed by atoms with Crippen molar-refractivity contribution in [2.75, 3.05) is 20.5 Å². The molecule has 0 amide bonds. The van der Waals surface area contributed by atoms with Crippen molar-refractivity contribution in [1.82, 2.24) is 0 Å². The minimum Gasteiger partial charge on any atom is -0.359 e. The zero-order valence-electron chi connectivity index (χ0n) is 9.71. The standard InChI is InChI=1S/C10H19BrO4/c1-5-6-14-9(15-7-13-4)10(3,11)8(2)12/h9H,5-7H2,1-4H3. The number of halogens is 1. The van der Waals surface area contributed by atoms with Crippen molar-refractivity contribution in [2.24, 2.45) is 0 Å². The maximum Gasteiger partial charge on any atom is 0.182 e. The van der Waals surface area contributed by atoms with Crippen LogP contribution >= 0.6 is 15.9 Å². The zero-order valence-corrected chi connectivity index (χ0v) is 11.3. The topological polar surface area (TPSA) is 44.8 Å². The van der Waals surface area contributed by atoms with Crippen LogP contribution in [-0.4, -0.2) is 36.9 Å². The molecule has 2 unspecified atom stereocenters. The highest BCUT2D eigenvalue weighted by Gasteiger charge is 2.38. The molecule has 90 valence electrons. The van der Waals surface area contributed by atoms with Crippen molar-refractivity contribution in [1.29, 1.82) is 0 Å². The number of alkyl halides is 1. The van der Waals surface area contributed by atoms with Gasteiger partial charge in [-0.25, -0.2) is 0 Å². The SMILES string of the molecule is CCCOC(OCOC)C(C)(Br)C(C)=O. The summed E-state index contributed by atoms with van der Waals surface area (Å²) in [6.07, 6.45) is 0.239. The fourth-order valence-corrected chi connectivity index (χ4v) is 1.15. The van der Waals surface area contributed by atoms with Crippen LogP contribution in [0.25, 0.3) is 0 Å². The van der Waals surface area contributed by atoms with Gasteiger partial charge in [0.2, 0.25) is 0 Å². The van der Waals surface area contributed by atoms with E-state index in [0.717, 1.165) is 6.42 Å². The number of ether oxygens (including phenoxy) is 3. The van der Waals surface area contributed by atoms with Gasteiger partial charge in [-0.05, 0) is 20.3 Å². The van der Waals surface area contributed by atoms with Crippen molar-refractivity contribution in [3.63, 3.8) is 0 Å². The minimum absolute atomic E-state index is 0.0419. The molecule has 0 aliphatic rings. The average molecular weight is 283 g/mol. The third-order valence-electron chi connectivity index (χ3n) is 1.94. The Balaban J connectivity index is 4.38. The van der Waals surface area contributed by atoms with Crippen molar-refractivity contribution in [2.45, 2.75) is 37.8 Å². The summed E-state index contributed by atoms with van der Waals surface area (Å²) in [5.74, 6) is -0.0419. The summed E-state index contributed by atoms with van der Waals surface area (Å²) in [7, 11) is 1.52. The zero-order chi connectivity index (χ0) is 11.9. The van der Waals surface area contributed by atoms with E-state index in [0.29, 0.717) is 6.61 Å². The Bertz CT molecular complexity index is 186. The molecular formula is C10H19BrO4. The first-order chi connectivity index (χ1) is 6.96. The Hall–Kier alpha value is 0.0300. The van der Waals surface area contributed by atoms with Crippen LogP contribution in [0.3, 0.4) is 0 Å². The van der Waals surface area contributed by atoms with E-state index in [4.69, 9.17) is 14.2 Å². The van der Waals surface area contributed by atoms with E-state index >= 15 is 0 Å². The minimum atomic E-state index is -0.833. The number of rotatable bonds is 8. The Labute approximate surface area is 99.4 Å². The van der Waals surface area contributed by atoms with E-state index < -0.39 is 10.6 Å². The van der Waals surface area contributed by atoms with E-state index in [1.54, 1.807) is 6.92 Å². The number of carbonyl (C=O) groups is 1. The van der Waals surface area contributed by atoms with Crippen LogP contribution in [0.1, 0.15) is 27.2 Å². The predicted molar refractivity (Wildman–Crippen MR) is 61.0 cm³/mol. The molecule has 0 aromatic rings. The molecule has 15 heavy (non-hydrogen) atoms. The van der Waals surface area contributed by atoms with Gasteiger partial charge in [-0.1, -0.05) is 22.9 Å². The van der Waals surface area contributed by atoms with Crippen molar-refractivity contribution < 1.29 is 19.0 Å². The molecule has 0 aliphatic carbocycles. The van der Waals surface area contributed by atoms with Crippen LogP contribution < -0.4 is 0 Å². The first-order valence-corrected chi connectivity index (χ1v) is 5.68. The average Bonchev–Trinajstić information content (AvgIpc) is 2.17. The molecule has 0 spiro atoms. The van der Waals surface area contributed by atoms with E-state index in [9.17, 15) is 4.79 Å². The highest BCUT2D eigenvalue weighted by Crippen LogP contribution is 2.26. The lowest BCUT2D eigenvalue weighted by Gasteiger charge is -2.29. The fourth-order valence-electron chi connectivity index (χ4n) is 0.882. The Morgan fingerprint density at radius 3 is 2.47 bits per heavy atom. The van der Waals surface area contributed by atoms with Gasteiger partial charge in [-0.15, -0.1) is 0 Å². The van der Waals surface area contributed by atoms with Gasteiger partial charge in [0.15, 0.2) is 12.1 Å². The third-order valence-corrected chi connectivity index (χ3v) is 2.87. The van der Waals surface area contributed by atoms with E-state index in [1.165, 1.54) is 14.0 Å². The molecular weight excluding hydrogens is 264 g/mol. The van der Waals surface area contributed by atoms with Crippen LogP contribution in [0.2, 0.25) is 0 Å². The molecule has 0 saturated heterocycles. The second-order valence-corrected chi connectivity index (χ2v) is 5.06. The molecule has 0 saturated carbocycles. The molecule has 0 N–H and O–H groups in total. The maximum absolute atomic E-state index is 11.4. The van der Waals surface area contributed by atoms with E-state index in [2.05, 4.69) is 15.9 Å². The summed E-state index contributed by atoms with van der Waals surface area (Å²) in [6.45, 7) is 5.86. The Morgan fingerprint density at radius 1 is 1.47 bits per heavy atom. The van der Waals surface area contributed by atoms with E-state index in [1.807, 2.05) is 6.92 Å². The highest BCUT2D eigenvalue weighted by molar-refractivity contribution is 9.10. The molecule has 2 atom stereocenters. The normalized spacial score (nSPS) is 17.1. The van der Waals surface area contributed by atoms with Crippen molar-refractivity contribution >= 4 is 21.7 Å². The van der Waals surface area contributed by atoms with Gasteiger partial charge in [0, 0.05) is 13.7 Å². The molecule has 0 rings (SSSR count). The summed E-state index contributed by atoms with van der Waals surface area (Å²) in [4.78, 5) is 11.4. The van der Waals surface area contributed by atoms with Gasteiger partial charge in [0.05, 0.1) is 0 Å². The summed E-state index contributed by atoms with van der Waals surface area (Å²) in [5.41, 5.74) is 0. The molecule has 0 aromatic carbocycles. The quantitative estimate of drug-likeness (QED) is 0.505. The van der Waals surface area contributed by atoms with Crippen LogP contribution in [0.4, 0.5) is 0 Å². The van der Waals surface area contributed by atoms with Crippen LogP contribution in [0.5, 0.6) is 0 Å². The Morgan fingerprint density at radius 2 is 2.07 bits per heavy atom. The number of ketones is 1. The first kappa shape index (κ1) is 15.0. The van der Waals surface area contributed by atoms with E-state index in [-0.39, 0.29) is 12.6 Å². The van der Waals surface area contributed by atoms with Crippen LogP contribution in [0, 0.1) is 0 Å². The third kappa shape index (κ3) is 5.06. The summed E-state index contributed by atoms with van der Waals surface area (Å²) < 4.78 is 14.7. The summed E-state index contributed by atoms with van der Waals surface area (Å²) in [5, 5.41) is 0. The van der Waals surface area contributed by atoms with Gasteiger partial charge in [0.1, 0.15) is 11.1 Å². The van der Waals surface area contributed by atoms with Gasteiger partial charge in [0.25, 0.3) is 0 Å². The van der Waals surface area contributed by atoms with Gasteiger partial charge in [-0.3, -0.25) is 4.79 Å². The largest absolute Gasteiger partial charge is 0.359 e. The molecule has 0 bridgehead atoms. The van der Waals surface area contributed by atoms with Crippen LogP contribution in [-0.2, 0) is 19.0 Å². The number of carbonyl (C=O) groups excluding carboxylic acids is 1. The lowest BCUT2D eigenvalue weighted by atomic mass is 10.1. The number of hydrogen-bond donors (Lipinski definition) is 0. The highest BCUT2D eigenvalue weighted by atomic mass is 79.9. The molecule has 4 nitrogen and oxygen atoms in total. The molecule has 0 aromatic heterocycles. The molecule has 0 aliphatic heterocycles. The van der Waals surface area contributed by atoms with Crippen molar-refractivity contribution in [3.8, 4) is 0 Å². The lowest BCUT2D eigenvalue weighted by Crippen LogP contribution is -2.44. The molecule has 0 heterocycles. The number of hydrogen-bond acceptors (Lipinski definition) is 4. The van der Waals surface area contributed by atoms with Gasteiger partial charge >= 0.3 is 0 Å². The molecule has 0 fully saturated rings. The maximum atomic E-state index is 11.4. The first-order valence-electron chi connectivity index (χ1n) is 4.88. The number of Topliss-reactive ketones (excluding diaryl/α,β-unsaturated/α-hetero) is 1. The Kier molecular flexibility index (Phi) is 7.34. The molecule has 0 radical (unpaired) electrons. The fraction of sp³-hybridized carbons (Fsp3) is 0.900. The summed E-state index contributed by atoms with van der Waals surface area (Å²) >= 11 is 3.32. The lowest BCUT2D eigenvalue weighted by molar-refractivity contribution is -0.200. The second-order valence-electron chi connectivity index (χ2n) is 3.41. The van der Waals surface area contributed by atoms with Gasteiger partial charge < -0.3 is 14.2 Å². The predicted octanol–water partition coefficient (Wildman–Crippen LogP) is 2.10. The molecule has 5 heteroatoms. The smallest absolute Gasteiger partial charge is 0.182 e. The number of methoxy groups -OCH3 is 1. The van der Waals surface area contributed by atoms with Crippen LogP contribution in [0.15, 0.2) is 0 Å². The second kappa shape index (κ2) is 7.33. The summed E-state index contributed by atoms with van der Waals surface area (Å²) in [6, 6.07) is 0. The van der Waals surface area contributed by atoms with Crippen molar-refractivity contribution in [3.05, 3.63) is 0 Å². The van der Waals surface area contributed by atoms with Gasteiger partial charge in [-0.2, -0.15) is 0 Å².